The van der Waals surface area contributed by atoms with E-state index in [9.17, 15) is 4.79 Å². The van der Waals surface area contributed by atoms with E-state index in [1.54, 1.807) is 0 Å². The molecule has 1 aromatic rings. The van der Waals surface area contributed by atoms with Crippen LogP contribution in [0.2, 0.25) is 0 Å². The Labute approximate surface area is 300 Å². The first-order valence-electron chi connectivity index (χ1n) is 20.6. The SMILES string of the molecule is CCCC1CCC(CC(C#CCCC(C)CCC(C)CC)c2ccc(OC(=O)C3CCC(OCCCOC4CCCCO4)CC3)cc2)CC1. The Bertz CT molecular complexity index is 1080. The van der Waals surface area contributed by atoms with Crippen molar-refractivity contribution in [2.45, 2.75) is 174 Å². The van der Waals surface area contributed by atoms with Crippen LogP contribution in [0.3, 0.4) is 0 Å². The van der Waals surface area contributed by atoms with E-state index in [1.807, 2.05) is 12.1 Å². The number of hydrogen-bond acceptors (Lipinski definition) is 5. The van der Waals surface area contributed by atoms with E-state index in [4.69, 9.17) is 18.9 Å². The summed E-state index contributed by atoms with van der Waals surface area (Å²) >= 11 is 0. The average Bonchev–Trinajstić information content (AvgIpc) is 3.13. The highest BCUT2D eigenvalue weighted by Gasteiger charge is 2.29. The summed E-state index contributed by atoms with van der Waals surface area (Å²) in [5.41, 5.74) is 1.27. The molecule has 1 heterocycles. The summed E-state index contributed by atoms with van der Waals surface area (Å²) in [6.07, 6.45) is 23.2. The predicted molar refractivity (Wildman–Crippen MR) is 201 cm³/mol. The topological polar surface area (TPSA) is 54.0 Å². The average molecular weight is 679 g/mol. The summed E-state index contributed by atoms with van der Waals surface area (Å²) in [5, 5.41) is 0. The fourth-order valence-corrected chi connectivity index (χ4v) is 8.01. The maximum atomic E-state index is 13.1. The van der Waals surface area contributed by atoms with Crippen molar-refractivity contribution in [2.24, 2.45) is 29.6 Å². The molecule has 3 aliphatic rings. The first-order chi connectivity index (χ1) is 23.9. The molecule has 0 N–H and O–H groups in total. The molecule has 0 spiro atoms. The monoisotopic (exact) mass is 679 g/mol. The maximum absolute atomic E-state index is 13.1. The molecule has 1 saturated heterocycles. The van der Waals surface area contributed by atoms with Crippen LogP contribution in [0.1, 0.15) is 168 Å². The molecule has 2 aliphatic carbocycles. The molecule has 0 amide bonds. The van der Waals surface area contributed by atoms with Gasteiger partial charge in [-0.15, -0.1) is 5.92 Å². The first-order valence-corrected chi connectivity index (χ1v) is 20.6. The summed E-state index contributed by atoms with van der Waals surface area (Å²) < 4.78 is 23.5. The number of benzene rings is 1. The number of carbonyl (C=O) groups is 1. The summed E-state index contributed by atoms with van der Waals surface area (Å²) in [6.45, 7) is 11.6. The molecule has 4 rings (SSSR count). The Morgan fingerprint density at radius 1 is 0.837 bits per heavy atom. The van der Waals surface area contributed by atoms with Gasteiger partial charge in [-0.05, 0) is 106 Å². The number of carbonyl (C=O) groups excluding carboxylic acids is 1. The van der Waals surface area contributed by atoms with Crippen LogP contribution in [0.15, 0.2) is 24.3 Å². The van der Waals surface area contributed by atoms with Crippen molar-refractivity contribution in [1.29, 1.82) is 0 Å². The van der Waals surface area contributed by atoms with Gasteiger partial charge in [0.25, 0.3) is 0 Å². The zero-order valence-corrected chi connectivity index (χ0v) is 31.7. The van der Waals surface area contributed by atoms with E-state index in [-0.39, 0.29) is 30.2 Å². The lowest BCUT2D eigenvalue weighted by Crippen LogP contribution is -2.29. The van der Waals surface area contributed by atoms with Gasteiger partial charge in [-0.2, -0.15) is 0 Å². The summed E-state index contributed by atoms with van der Waals surface area (Å²) in [6, 6.07) is 8.31. The van der Waals surface area contributed by atoms with Crippen molar-refractivity contribution in [3.63, 3.8) is 0 Å². The number of hydrogen-bond donors (Lipinski definition) is 0. The zero-order chi connectivity index (χ0) is 34.7. The van der Waals surface area contributed by atoms with E-state index in [0.717, 1.165) is 88.1 Å². The van der Waals surface area contributed by atoms with E-state index < -0.39 is 0 Å². The molecule has 1 aliphatic heterocycles. The predicted octanol–water partition coefficient (Wildman–Crippen LogP) is 11.4. The van der Waals surface area contributed by atoms with Gasteiger partial charge in [-0.25, -0.2) is 0 Å². The Balaban J connectivity index is 1.21. The quantitative estimate of drug-likeness (QED) is 0.0631. The van der Waals surface area contributed by atoms with Gasteiger partial charge in [0, 0.05) is 25.6 Å². The molecule has 49 heavy (non-hydrogen) atoms. The Kier molecular flexibility index (Phi) is 18.6. The lowest BCUT2D eigenvalue weighted by Gasteiger charge is -2.30. The molecule has 3 fully saturated rings. The van der Waals surface area contributed by atoms with Crippen LogP contribution in [0.4, 0.5) is 0 Å². The first kappa shape index (κ1) is 39.9. The van der Waals surface area contributed by atoms with Crippen LogP contribution in [0.5, 0.6) is 5.75 Å². The van der Waals surface area contributed by atoms with Gasteiger partial charge in [0.2, 0.25) is 0 Å². The van der Waals surface area contributed by atoms with E-state index >= 15 is 0 Å². The van der Waals surface area contributed by atoms with Crippen LogP contribution >= 0.6 is 0 Å². The normalized spacial score (nSPS) is 26.2. The van der Waals surface area contributed by atoms with E-state index in [1.165, 1.54) is 76.2 Å². The minimum absolute atomic E-state index is 0.0328. The molecule has 4 unspecified atom stereocenters. The van der Waals surface area contributed by atoms with Crippen LogP contribution < -0.4 is 4.74 Å². The second-order valence-electron chi connectivity index (χ2n) is 15.9. The molecule has 0 aromatic heterocycles. The Morgan fingerprint density at radius 2 is 1.55 bits per heavy atom. The number of esters is 1. The van der Waals surface area contributed by atoms with Crippen LogP contribution in [0.25, 0.3) is 0 Å². The second-order valence-corrected chi connectivity index (χ2v) is 15.9. The highest BCUT2D eigenvalue weighted by molar-refractivity contribution is 5.75. The second kappa shape index (κ2) is 22.8. The highest BCUT2D eigenvalue weighted by atomic mass is 16.7. The molecule has 5 nitrogen and oxygen atoms in total. The molecule has 1 aromatic carbocycles. The van der Waals surface area contributed by atoms with Gasteiger partial charge in [-0.1, -0.05) is 104 Å². The fraction of sp³-hybridized carbons (Fsp3) is 0.795. The molecular formula is C44H70O5. The minimum Gasteiger partial charge on any atom is -0.426 e. The smallest absolute Gasteiger partial charge is 0.314 e. The van der Waals surface area contributed by atoms with Crippen molar-refractivity contribution < 1.29 is 23.7 Å². The van der Waals surface area contributed by atoms with Gasteiger partial charge in [-0.3, -0.25) is 4.79 Å². The van der Waals surface area contributed by atoms with Crippen LogP contribution in [0, 0.1) is 41.4 Å². The fourth-order valence-electron chi connectivity index (χ4n) is 8.01. The summed E-state index contributed by atoms with van der Waals surface area (Å²) in [5.74, 6) is 11.3. The van der Waals surface area contributed by atoms with Gasteiger partial charge in [0.1, 0.15) is 5.75 Å². The molecule has 276 valence electrons. The van der Waals surface area contributed by atoms with Crippen LogP contribution in [-0.4, -0.2) is 38.2 Å². The Morgan fingerprint density at radius 3 is 2.24 bits per heavy atom. The number of ether oxygens (including phenoxy) is 4. The van der Waals surface area contributed by atoms with Gasteiger partial charge < -0.3 is 18.9 Å². The van der Waals surface area contributed by atoms with Crippen LogP contribution in [-0.2, 0) is 19.0 Å². The molecule has 2 saturated carbocycles. The lowest BCUT2D eigenvalue weighted by atomic mass is 9.76. The van der Waals surface area contributed by atoms with Crippen molar-refractivity contribution in [3.05, 3.63) is 29.8 Å². The van der Waals surface area contributed by atoms with Crippen molar-refractivity contribution >= 4 is 5.97 Å². The standard InChI is InChI=1S/C44H70O5/c1-5-12-36-18-20-37(21-19-36)33-40(14-8-7-13-35(4)17-16-34(3)6-2)38-22-28-42(29-23-38)49-44(45)39-24-26-41(27-25-39)46-31-11-32-48-43-15-9-10-30-47-43/h22-23,28-29,34-37,39-41,43H,5-7,9-13,15-21,24-27,30-33H2,1-4H3. The zero-order valence-electron chi connectivity index (χ0n) is 31.7. The summed E-state index contributed by atoms with van der Waals surface area (Å²) in [7, 11) is 0. The third-order valence-corrected chi connectivity index (χ3v) is 11.7. The van der Waals surface area contributed by atoms with Crippen molar-refractivity contribution in [2.75, 3.05) is 19.8 Å². The van der Waals surface area contributed by atoms with Crippen molar-refractivity contribution in [3.8, 4) is 17.6 Å². The van der Waals surface area contributed by atoms with E-state index in [2.05, 4.69) is 51.7 Å². The maximum Gasteiger partial charge on any atom is 0.314 e. The third-order valence-electron chi connectivity index (χ3n) is 11.7. The van der Waals surface area contributed by atoms with E-state index in [0.29, 0.717) is 19.0 Å². The van der Waals surface area contributed by atoms with Gasteiger partial charge in [0.15, 0.2) is 6.29 Å². The molecule has 4 atom stereocenters. The molecular weight excluding hydrogens is 608 g/mol. The minimum atomic E-state index is -0.102. The Hall–Kier alpha value is -1.87. The molecule has 0 radical (unpaired) electrons. The highest BCUT2D eigenvalue weighted by Crippen LogP contribution is 2.37. The van der Waals surface area contributed by atoms with Gasteiger partial charge >= 0.3 is 5.97 Å². The molecule has 0 bridgehead atoms. The third kappa shape index (κ3) is 15.1. The number of rotatable bonds is 19. The lowest BCUT2D eigenvalue weighted by molar-refractivity contribution is -0.164. The molecule has 5 heteroatoms. The largest absolute Gasteiger partial charge is 0.426 e. The summed E-state index contributed by atoms with van der Waals surface area (Å²) in [4.78, 5) is 13.1. The van der Waals surface area contributed by atoms with Crippen molar-refractivity contribution in [1.82, 2.24) is 0 Å². The van der Waals surface area contributed by atoms with Gasteiger partial charge in [0.05, 0.1) is 18.6 Å².